The quantitative estimate of drug-likeness (QED) is 0.643. The van der Waals surface area contributed by atoms with Crippen LogP contribution < -0.4 is 0 Å². The molecule has 1 aromatic carbocycles. The molecular weight excluding hydrogens is 294 g/mol. The molecule has 0 radical (unpaired) electrons. The van der Waals surface area contributed by atoms with Crippen LogP contribution in [0.5, 0.6) is 0 Å². The largest absolute Gasteiger partial charge is 0.462 e. The van der Waals surface area contributed by atoms with E-state index in [-0.39, 0.29) is 5.97 Å². The zero-order chi connectivity index (χ0) is 13.0. The number of hydrogen-bond acceptors (Lipinski definition) is 3. The van der Waals surface area contributed by atoms with Crippen LogP contribution >= 0.6 is 15.9 Å². The van der Waals surface area contributed by atoms with E-state index in [1.54, 1.807) is 13.0 Å². The van der Waals surface area contributed by atoms with E-state index in [1.165, 1.54) is 0 Å². The Labute approximate surface area is 114 Å². The van der Waals surface area contributed by atoms with E-state index >= 15 is 0 Å². The number of hydrogen-bond donors (Lipinski definition) is 0. The molecular formula is C14H12BrNO2. The van der Waals surface area contributed by atoms with E-state index in [2.05, 4.69) is 20.9 Å². The van der Waals surface area contributed by atoms with Gasteiger partial charge in [-0.05, 0) is 41.1 Å². The standard InChI is InChI=1S/C14H12BrNO2/c1-2-18-14(17)12(15)9-11-8-7-10-5-3-4-6-13(10)16-11/h3-9H,2H2,1H3. The highest BCUT2D eigenvalue weighted by Crippen LogP contribution is 2.16. The molecule has 0 amide bonds. The summed E-state index contributed by atoms with van der Waals surface area (Å²) in [5.41, 5.74) is 1.61. The molecule has 3 nitrogen and oxygen atoms in total. The monoisotopic (exact) mass is 305 g/mol. The summed E-state index contributed by atoms with van der Waals surface area (Å²) in [7, 11) is 0. The summed E-state index contributed by atoms with van der Waals surface area (Å²) in [6, 6.07) is 11.7. The molecule has 0 atom stereocenters. The zero-order valence-corrected chi connectivity index (χ0v) is 11.5. The second kappa shape index (κ2) is 5.78. The number of carbonyl (C=O) groups is 1. The predicted octanol–water partition coefficient (Wildman–Crippen LogP) is 3.53. The van der Waals surface area contributed by atoms with Crippen molar-refractivity contribution in [1.82, 2.24) is 4.98 Å². The number of pyridine rings is 1. The van der Waals surface area contributed by atoms with Crippen LogP contribution in [0.25, 0.3) is 17.0 Å². The van der Waals surface area contributed by atoms with Crippen molar-refractivity contribution in [3.8, 4) is 0 Å². The molecule has 0 unspecified atom stereocenters. The molecule has 0 aliphatic heterocycles. The van der Waals surface area contributed by atoms with Crippen LogP contribution in [0.1, 0.15) is 12.6 Å². The molecule has 4 heteroatoms. The number of fused-ring (bicyclic) bond motifs is 1. The van der Waals surface area contributed by atoms with Crippen LogP contribution in [0.15, 0.2) is 40.9 Å². The summed E-state index contributed by atoms with van der Waals surface area (Å²) in [5.74, 6) is -0.382. The number of halogens is 1. The molecule has 1 aromatic heterocycles. The third kappa shape index (κ3) is 2.96. The van der Waals surface area contributed by atoms with E-state index in [1.807, 2.05) is 36.4 Å². The van der Waals surface area contributed by atoms with E-state index in [9.17, 15) is 4.79 Å². The van der Waals surface area contributed by atoms with Gasteiger partial charge in [0, 0.05) is 5.39 Å². The Kier molecular flexibility index (Phi) is 4.10. The number of esters is 1. The van der Waals surface area contributed by atoms with Crippen molar-refractivity contribution < 1.29 is 9.53 Å². The molecule has 18 heavy (non-hydrogen) atoms. The maximum atomic E-state index is 11.4. The Morgan fingerprint density at radius 2 is 2.11 bits per heavy atom. The Morgan fingerprint density at radius 1 is 1.33 bits per heavy atom. The maximum Gasteiger partial charge on any atom is 0.345 e. The molecule has 0 N–H and O–H groups in total. The van der Waals surface area contributed by atoms with Crippen molar-refractivity contribution in [2.45, 2.75) is 6.92 Å². The Hall–Kier alpha value is -1.68. The van der Waals surface area contributed by atoms with Gasteiger partial charge in [0.05, 0.1) is 17.8 Å². The minimum absolute atomic E-state index is 0.354. The Morgan fingerprint density at radius 3 is 2.89 bits per heavy atom. The molecule has 1 heterocycles. The van der Waals surface area contributed by atoms with Crippen LogP contribution in [0.4, 0.5) is 0 Å². The van der Waals surface area contributed by atoms with Gasteiger partial charge in [-0.2, -0.15) is 0 Å². The topological polar surface area (TPSA) is 39.2 Å². The Bertz CT molecular complexity index is 608. The summed E-state index contributed by atoms with van der Waals surface area (Å²) in [5, 5.41) is 1.07. The Balaban J connectivity index is 2.31. The van der Waals surface area contributed by atoms with E-state index in [0.29, 0.717) is 16.8 Å². The normalized spacial score (nSPS) is 11.6. The highest BCUT2D eigenvalue weighted by atomic mass is 79.9. The molecule has 0 fully saturated rings. The molecule has 0 aliphatic carbocycles. The average Bonchev–Trinajstić information content (AvgIpc) is 2.39. The van der Waals surface area contributed by atoms with Crippen LogP contribution in [-0.4, -0.2) is 17.6 Å². The van der Waals surface area contributed by atoms with E-state index in [0.717, 1.165) is 10.9 Å². The lowest BCUT2D eigenvalue weighted by molar-refractivity contribution is -0.137. The highest BCUT2D eigenvalue weighted by molar-refractivity contribution is 9.12. The summed E-state index contributed by atoms with van der Waals surface area (Å²) < 4.78 is 5.25. The molecule has 2 rings (SSSR count). The number of nitrogens with zero attached hydrogens (tertiary/aromatic N) is 1. The summed E-state index contributed by atoms with van der Waals surface area (Å²) in [6.45, 7) is 2.12. The fourth-order valence-electron chi connectivity index (χ4n) is 1.55. The smallest absolute Gasteiger partial charge is 0.345 e. The third-order valence-electron chi connectivity index (χ3n) is 2.36. The number of ether oxygens (including phenoxy) is 1. The van der Waals surface area contributed by atoms with Crippen molar-refractivity contribution in [2.75, 3.05) is 6.61 Å². The van der Waals surface area contributed by atoms with Crippen LogP contribution in [0.2, 0.25) is 0 Å². The van der Waals surface area contributed by atoms with Crippen molar-refractivity contribution in [2.24, 2.45) is 0 Å². The first kappa shape index (κ1) is 12.8. The first-order chi connectivity index (χ1) is 8.70. The summed E-state index contributed by atoms with van der Waals surface area (Å²) in [4.78, 5) is 15.9. The molecule has 2 aromatic rings. The zero-order valence-electron chi connectivity index (χ0n) is 9.89. The van der Waals surface area contributed by atoms with Gasteiger partial charge >= 0.3 is 5.97 Å². The summed E-state index contributed by atoms with van der Waals surface area (Å²) >= 11 is 3.19. The van der Waals surface area contributed by atoms with Crippen molar-refractivity contribution >= 4 is 38.9 Å². The first-order valence-corrected chi connectivity index (χ1v) is 6.40. The highest BCUT2D eigenvalue weighted by Gasteiger charge is 2.07. The minimum Gasteiger partial charge on any atom is -0.462 e. The molecule has 0 bridgehead atoms. The summed E-state index contributed by atoms with van der Waals surface area (Å²) in [6.07, 6.45) is 1.66. The minimum atomic E-state index is -0.382. The number of benzene rings is 1. The van der Waals surface area contributed by atoms with Gasteiger partial charge in [-0.15, -0.1) is 0 Å². The van der Waals surface area contributed by atoms with E-state index in [4.69, 9.17) is 4.74 Å². The van der Waals surface area contributed by atoms with Gasteiger partial charge in [-0.25, -0.2) is 9.78 Å². The van der Waals surface area contributed by atoms with Gasteiger partial charge in [-0.3, -0.25) is 0 Å². The average molecular weight is 306 g/mol. The van der Waals surface area contributed by atoms with Gasteiger partial charge in [-0.1, -0.05) is 24.3 Å². The molecule has 0 saturated heterocycles. The number of aromatic nitrogens is 1. The van der Waals surface area contributed by atoms with Crippen molar-refractivity contribution in [1.29, 1.82) is 0 Å². The van der Waals surface area contributed by atoms with Gasteiger partial charge in [0.15, 0.2) is 0 Å². The van der Waals surface area contributed by atoms with Gasteiger partial charge in [0.2, 0.25) is 0 Å². The van der Waals surface area contributed by atoms with Gasteiger partial charge in [0.1, 0.15) is 4.48 Å². The maximum absolute atomic E-state index is 11.4. The van der Waals surface area contributed by atoms with Gasteiger partial charge in [0.25, 0.3) is 0 Å². The third-order valence-corrected chi connectivity index (χ3v) is 2.92. The number of para-hydroxylation sites is 1. The van der Waals surface area contributed by atoms with Gasteiger partial charge < -0.3 is 4.74 Å². The molecule has 0 spiro atoms. The predicted molar refractivity (Wildman–Crippen MR) is 75.3 cm³/mol. The first-order valence-electron chi connectivity index (χ1n) is 5.61. The number of rotatable bonds is 3. The lowest BCUT2D eigenvalue weighted by Crippen LogP contribution is -2.03. The second-order valence-electron chi connectivity index (χ2n) is 3.64. The van der Waals surface area contributed by atoms with Crippen LogP contribution in [-0.2, 0) is 9.53 Å². The SMILES string of the molecule is CCOC(=O)C(Br)=Cc1ccc2ccccc2n1. The fraction of sp³-hybridized carbons (Fsp3) is 0.143. The lowest BCUT2D eigenvalue weighted by atomic mass is 10.2. The number of carbonyl (C=O) groups excluding carboxylic acids is 1. The lowest BCUT2D eigenvalue weighted by Gasteiger charge is -2.01. The second-order valence-corrected chi connectivity index (χ2v) is 4.50. The van der Waals surface area contributed by atoms with Crippen LogP contribution in [0, 0.1) is 0 Å². The van der Waals surface area contributed by atoms with Crippen molar-refractivity contribution in [3.63, 3.8) is 0 Å². The van der Waals surface area contributed by atoms with E-state index < -0.39 is 0 Å². The fourth-order valence-corrected chi connectivity index (χ4v) is 1.90. The molecule has 92 valence electrons. The van der Waals surface area contributed by atoms with Crippen LogP contribution in [0.3, 0.4) is 0 Å². The van der Waals surface area contributed by atoms with Crippen molar-refractivity contribution in [3.05, 3.63) is 46.6 Å². The molecule has 0 aliphatic rings. The molecule has 0 saturated carbocycles.